The molecule has 3 aromatic rings. The average Bonchev–Trinajstić information content (AvgIpc) is 3.02. The first-order chi connectivity index (χ1) is 21.3. The predicted octanol–water partition coefficient (Wildman–Crippen LogP) is 5.10. The van der Waals surface area contributed by atoms with Crippen LogP contribution in [0.1, 0.15) is 37.8 Å². The third-order valence-corrected chi connectivity index (χ3v) is 9.13. The minimum atomic E-state index is -4.63. The van der Waals surface area contributed by atoms with Crippen molar-refractivity contribution in [1.82, 2.24) is 10.2 Å². The van der Waals surface area contributed by atoms with Gasteiger partial charge in [-0.25, -0.2) is 8.42 Å². The Morgan fingerprint density at radius 3 is 2.44 bits per heavy atom. The number of hydrogen-bond donors (Lipinski definition) is 1. The molecule has 0 aliphatic carbocycles. The fourth-order valence-corrected chi connectivity index (χ4v) is 6.13. The highest BCUT2D eigenvalue weighted by molar-refractivity contribution is 7.92. The molecule has 1 atom stereocenters. The van der Waals surface area contributed by atoms with Crippen molar-refractivity contribution in [3.8, 4) is 11.5 Å². The zero-order valence-electron chi connectivity index (χ0n) is 25.8. The van der Waals surface area contributed by atoms with E-state index >= 15 is 0 Å². The third kappa shape index (κ3) is 8.64. The van der Waals surface area contributed by atoms with Crippen LogP contribution in [0.25, 0.3) is 0 Å². The average molecular weight is 661 g/mol. The molecule has 0 heterocycles. The molecule has 0 saturated carbocycles. The van der Waals surface area contributed by atoms with Gasteiger partial charge in [-0.1, -0.05) is 43.1 Å². The van der Waals surface area contributed by atoms with Gasteiger partial charge >= 0.3 is 0 Å². The molecule has 0 aliphatic heterocycles. The Hall–Kier alpha value is -4.36. The number of ether oxygens (including phenoxy) is 2. The van der Waals surface area contributed by atoms with Gasteiger partial charge in [-0.3, -0.25) is 24.0 Å². The van der Waals surface area contributed by atoms with E-state index in [2.05, 4.69) is 5.32 Å². The van der Waals surface area contributed by atoms with Crippen LogP contribution in [0.15, 0.2) is 65.6 Å². The van der Waals surface area contributed by atoms with E-state index in [1.165, 1.54) is 56.4 Å². The SMILES string of the molecule is CCCCNC(=O)[C@@H](C)N(Cc1cccc(OC)c1)C(=O)CN(c1cc(Cl)ccc1OC)S(=O)(=O)c1ccc(C)c([N+](=O)[O-])c1. The summed E-state index contributed by atoms with van der Waals surface area (Å²) < 4.78 is 40.0. The molecule has 14 heteroatoms. The van der Waals surface area contributed by atoms with Gasteiger partial charge in [0, 0.05) is 29.7 Å². The largest absolute Gasteiger partial charge is 0.497 e. The maximum Gasteiger partial charge on any atom is 0.273 e. The van der Waals surface area contributed by atoms with Gasteiger partial charge in [0.25, 0.3) is 15.7 Å². The number of aryl methyl sites for hydroxylation is 1. The summed E-state index contributed by atoms with van der Waals surface area (Å²) in [6.07, 6.45) is 1.60. The lowest BCUT2D eigenvalue weighted by Crippen LogP contribution is -2.51. The molecule has 1 N–H and O–H groups in total. The molecule has 3 aromatic carbocycles. The van der Waals surface area contributed by atoms with Crippen LogP contribution in [-0.2, 0) is 26.2 Å². The maximum absolute atomic E-state index is 14.2. The van der Waals surface area contributed by atoms with Crippen LogP contribution in [0, 0.1) is 17.0 Å². The Labute approximate surface area is 268 Å². The van der Waals surface area contributed by atoms with Gasteiger partial charge in [-0.15, -0.1) is 0 Å². The first-order valence-corrected chi connectivity index (χ1v) is 16.0. The summed E-state index contributed by atoms with van der Waals surface area (Å²) in [5, 5.41) is 14.6. The number of nitro groups is 1. The molecule has 0 aliphatic rings. The number of hydrogen-bond acceptors (Lipinski definition) is 8. The molecule has 12 nitrogen and oxygen atoms in total. The number of methoxy groups -OCH3 is 2. The summed E-state index contributed by atoms with van der Waals surface area (Å²) in [4.78, 5) is 39.2. The second kappa shape index (κ2) is 15.6. The van der Waals surface area contributed by atoms with Crippen LogP contribution in [-0.4, -0.2) is 63.4 Å². The predicted molar refractivity (Wildman–Crippen MR) is 171 cm³/mol. The van der Waals surface area contributed by atoms with Gasteiger partial charge in [0.1, 0.15) is 24.1 Å². The number of nitro benzene ring substituents is 1. The number of unbranched alkanes of at least 4 members (excludes halogenated alkanes) is 1. The number of benzene rings is 3. The zero-order valence-corrected chi connectivity index (χ0v) is 27.4. The third-order valence-electron chi connectivity index (χ3n) is 7.14. The standard InChI is InChI=1S/C31H37ClN4O8S/c1-6-7-15-33-31(38)22(3)34(19-23-9-8-10-25(16-23)43-4)30(37)20-35(28-17-24(32)12-14-29(28)44-5)45(41,42)26-13-11-21(2)27(18-26)36(39)40/h8-14,16-18,22H,6-7,15,19-20H2,1-5H3,(H,33,38)/t22-/m1/s1. The normalized spacial score (nSPS) is 11.8. The van der Waals surface area contributed by atoms with E-state index in [-0.39, 0.29) is 28.6 Å². The van der Waals surface area contributed by atoms with Crippen LogP contribution in [0.2, 0.25) is 5.02 Å². The fraction of sp³-hybridized carbons (Fsp3) is 0.355. The second-order valence-corrected chi connectivity index (χ2v) is 12.5. The number of nitrogens with one attached hydrogen (secondary N) is 1. The van der Waals surface area contributed by atoms with Gasteiger partial charge in [0.05, 0.1) is 29.7 Å². The van der Waals surface area contributed by atoms with E-state index in [4.69, 9.17) is 21.1 Å². The van der Waals surface area contributed by atoms with E-state index in [1.54, 1.807) is 31.2 Å². The van der Waals surface area contributed by atoms with Crippen LogP contribution in [0.3, 0.4) is 0 Å². The fourth-order valence-electron chi connectivity index (χ4n) is 4.53. The van der Waals surface area contributed by atoms with Crippen molar-refractivity contribution in [3.63, 3.8) is 0 Å². The monoisotopic (exact) mass is 660 g/mol. The highest BCUT2D eigenvalue weighted by Gasteiger charge is 2.35. The van der Waals surface area contributed by atoms with Crippen LogP contribution >= 0.6 is 11.6 Å². The first-order valence-electron chi connectivity index (χ1n) is 14.1. The molecule has 3 rings (SSSR count). The Morgan fingerprint density at radius 1 is 1.07 bits per heavy atom. The van der Waals surface area contributed by atoms with Crippen molar-refractivity contribution in [2.45, 2.75) is 51.1 Å². The summed E-state index contributed by atoms with van der Waals surface area (Å²) in [5.74, 6) is -0.511. The van der Waals surface area contributed by atoms with Crippen molar-refractivity contribution in [3.05, 3.63) is 86.9 Å². The number of sulfonamides is 1. The highest BCUT2D eigenvalue weighted by Crippen LogP contribution is 2.36. The molecule has 2 amide bonds. The minimum Gasteiger partial charge on any atom is -0.497 e. The lowest BCUT2D eigenvalue weighted by Gasteiger charge is -2.32. The lowest BCUT2D eigenvalue weighted by molar-refractivity contribution is -0.385. The van der Waals surface area contributed by atoms with Crippen LogP contribution in [0.5, 0.6) is 11.5 Å². The molecule has 0 spiro atoms. The van der Waals surface area contributed by atoms with Crippen molar-refractivity contribution in [2.24, 2.45) is 0 Å². The molecule has 0 bridgehead atoms. The van der Waals surface area contributed by atoms with Crippen molar-refractivity contribution >= 4 is 44.8 Å². The summed E-state index contributed by atoms with van der Waals surface area (Å²) in [6.45, 7) is 4.61. The van der Waals surface area contributed by atoms with Crippen molar-refractivity contribution in [1.29, 1.82) is 0 Å². The topological polar surface area (TPSA) is 148 Å². The molecule has 45 heavy (non-hydrogen) atoms. The molecular formula is C31H37ClN4O8S. The highest BCUT2D eigenvalue weighted by atomic mass is 35.5. The summed E-state index contributed by atoms with van der Waals surface area (Å²) in [7, 11) is -1.80. The Balaban J connectivity index is 2.14. The molecule has 0 aromatic heterocycles. The van der Waals surface area contributed by atoms with E-state index in [1.807, 2.05) is 6.92 Å². The Morgan fingerprint density at radius 2 is 1.80 bits per heavy atom. The quantitative estimate of drug-likeness (QED) is 0.134. The Kier molecular flexibility index (Phi) is 12.2. The molecule has 0 saturated heterocycles. The molecule has 0 unspecified atom stereocenters. The Bertz CT molecular complexity index is 1650. The summed E-state index contributed by atoms with van der Waals surface area (Å²) in [6, 6.07) is 13.7. The molecule has 0 radical (unpaired) electrons. The van der Waals surface area contributed by atoms with E-state index in [0.717, 1.165) is 23.2 Å². The van der Waals surface area contributed by atoms with Gasteiger partial charge in [-0.2, -0.15) is 0 Å². The number of rotatable bonds is 15. The van der Waals surface area contributed by atoms with Gasteiger partial charge in [0.15, 0.2) is 0 Å². The van der Waals surface area contributed by atoms with Crippen molar-refractivity contribution < 1.29 is 32.4 Å². The van der Waals surface area contributed by atoms with Gasteiger partial charge in [-0.05, 0) is 62.2 Å². The number of carbonyl (C=O) groups excluding carboxylic acids is 2. The maximum atomic E-state index is 14.2. The van der Waals surface area contributed by atoms with E-state index in [9.17, 15) is 28.1 Å². The first kappa shape index (κ1) is 35.1. The molecule has 242 valence electrons. The number of nitrogens with zero attached hydrogens (tertiary/aromatic N) is 3. The number of anilines is 1. The van der Waals surface area contributed by atoms with Crippen LogP contribution < -0.4 is 19.1 Å². The summed E-state index contributed by atoms with van der Waals surface area (Å²) >= 11 is 6.26. The van der Waals surface area contributed by atoms with Gasteiger partial charge in [0.2, 0.25) is 11.8 Å². The smallest absolute Gasteiger partial charge is 0.273 e. The number of carbonyl (C=O) groups is 2. The van der Waals surface area contributed by atoms with Gasteiger partial charge < -0.3 is 19.7 Å². The molecular weight excluding hydrogens is 624 g/mol. The number of amides is 2. The minimum absolute atomic E-state index is 0.0467. The lowest BCUT2D eigenvalue weighted by atomic mass is 10.1. The summed E-state index contributed by atoms with van der Waals surface area (Å²) in [5.41, 5.74) is 0.425. The van der Waals surface area contributed by atoms with Crippen LogP contribution in [0.4, 0.5) is 11.4 Å². The second-order valence-electron chi connectivity index (χ2n) is 10.2. The van der Waals surface area contributed by atoms with E-state index in [0.29, 0.717) is 17.9 Å². The molecule has 0 fully saturated rings. The zero-order chi connectivity index (χ0) is 33.3. The van der Waals surface area contributed by atoms with Crippen molar-refractivity contribution in [2.75, 3.05) is 31.6 Å². The van der Waals surface area contributed by atoms with E-state index < -0.39 is 49.9 Å². The number of halogens is 1.